The predicted molar refractivity (Wildman–Crippen MR) is 72.7 cm³/mol. The van der Waals surface area contributed by atoms with Crippen molar-refractivity contribution in [3.8, 4) is 0 Å². The van der Waals surface area contributed by atoms with E-state index in [2.05, 4.69) is 10.6 Å². The highest BCUT2D eigenvalue weighted by atomic mass is 35.5. The number of halogens is 1. The van der Waals surface area contributed by atoms with Crippen LogP contribution >= 0.6 is 12.4 Å². The van der Waals surface area contributed by atoms with Gasteiger partial charge in [-0.05, 0) is 12.3 Å². The summed E-state index contributed by atoms with van der Waals surface area (Å²) in [6, 6.07) is -0.273. The van der Waals surface area contributed by atoms with Crippen molar-refractivity contribution >= 4 is 24.3 Å². The van der Waals surface area contributed by atoms with Crippen LogP contribution in [0, 0.1) is 5.92 Å². The number of carbonyl (C=O) groups is 2. The molecule has 1 rings (SSSR count). The van der Waals surface area contributed by atoms with Crippen molar-refractivity contribution in [3.05, 3.63) is 0 Å². The first kappa shape index (κ1) is 17.2. The molecule has 0 bridgehead atoms. The standard InChI is InChI=1S/C11H22N4O2.ClH/c1-8(2)5-13-11(17)14-10(16)7-15-4-3-9(12)6-15;/h8-9H,3-7,12H2,1-2H3,(H2,13,14,16,17);1H. The van der Waals surface area contributed by atoms with E-state index in [1.54, 1.807) is 0 Å². The van der Waals surface area contributed by atoms with E-state index in [1.807, 2.05) is 18.7 Å². The SMILES string of the molecule is CC(C)CNC(=O)NC(=O)CN1CCC(N)C1.Cl. The van der Waals surface area contributed by atoms with Gasteiger partial charge in [-0.25, -0.2) is 4.79 Å². The second-order valence-corrected chi connectivity index (χ2v) is 4.94. The monoisotopic (exact) mass is 278 g/mol. The van der Waals surface area contributed by atoms with Crippen molar-refractivity contribution in [2.24, 2.45) is 11.7 Å². The number of nitrogens with one attached hydrogen (secondary N) is 2. The molecule has 1 unspecified atom stereocenters. The predicted octanol–water partition coefficient (Wildman–Crippen LogP) is -0.0770. The second kappa shape index (κ2) is 8.29. The Bertz CT molecular complexity index is 286. The van der Waals surface area contributed by atoms with Gasteiger partial charge in [-0.1, -0.05) is 13.8 Å². The molecule has 1 aliphatic heterocycles. The lowest BCUT2D eigenvalue weighted by Gasteiger charge is -2.14. The summed E-state index contributed by atoms with van der Waals surface area (Å²) in [4.78, 5) is 24.8. The number of urea groups is 1. The molecule has 7 heteroatoms. The molecule has 4 N–H and O–H groups in total. The van der Waals surface area contributed by atoms with Crippen LogP contribution in [0.15, 0.2) is 0 Å². The molecule has 0 aromatic rings. The maximum Gasteiger partial charge on any atom is 0.321 e. The number of likely N-dealkylation sites (tertiary alicyclic amines) is 1. The van der Waals surface area contributed by atoms with Crippen LogP contribution in [0.2, 0.25) is 0 Å². The van der Waals surface area contributed by atoms with Crippen molar-refractivity contribution in [3.63, 3.8) is 0 Å². The van der Waals surface area contributed by atoms with E-state index in [9.17, 15) is 9.59 Å². The van der Waals surface area contributed by atoms with Crippen molar-refractivity contribution in [2.75, 3.05) is 26.2 Å². The first-order chi connectivity index (χ1) is 7.97. The lowest BCUT2D eigenvalue weighted by molar-refractivity contribution is -0.120. The molecule has 1 aliphatic rings. The van der Waals surface area contributed by atoms with Gasteiger partial charge in [-0.15, -0.1) is 12.4 Å². The largest absolute Gasteiger partial charge is 0.338 e. The van der Waals surface area contributed by atoms with Gasteiger partial charge < -0.3 is 11.1 Å². The number of hydrogen-bond acceptors (Lipinski definition) is 4. The molecule has 3 amide bonds. The van der Waals surface area contributed by atoms with Gasteiger partial charge in [-0.2, -0.15) is 0 Å². The number of imide groups is 1. The molecule has 0 aromatic heterocycles. The number of hydrogen-bond donors (Lipinski definition) is 3. The molecule has 106 valence electrons. The molecular weight excluding hydrogens is 256 g/mol. The molecule has 0 saturated carbocycles. The van der Waals surface area contributed by atoms with Crippen molar-refractivity contribution in [2.45, 2.75) is 26.3 Å². The summed E-state index contributed by atoms with van der Waals surface area (Å²) >= 11 is 0. The minimum Gasteiger partial charge on any atom is -0.338 e. The summed E-state index contributed by atoms with van der Waals surface area (Å²) in [5.74, 6) is 0.0905. The Hall–Kier alpha value is -0.850. The zero-order valence-corrected chi connectivity index (χ0v) is 11.8. The normalized spacial score (nSPS) is 19.4. The number of rotatable bonds is 4. The van der Waals surface area contributed by atoms with Crippen LogP contribution in [0.4, 0.5) is 4.79 Å². The highest BCUT2D eigenvalue weighted by molar-refractivity contribution is 5.95. The highest BCUT2D eigenvalue weighted by Gasteiger charge is 2.21. The Morgan fingerprint density at radius 1 is 1.44 bits per heavy atom. The lowest BCUT2D eigenvalue weighted by atomic mass is 10.2. The number of nitrogens with zero attached hydrogens (tertiary/aromatic N) is 1. The Morgan fingerprint density at radius 2 is 2.11 bits per heavy atom. The van der Waals surface area contributed by atoms with Gasteiger partial charge in [0.05, 0.1) is 6.54 Å². The molecule has 0 aliphatic carbocycles. The number of amides is 3. The molecule has 6 nitrogen and oxygen atoms in total. The number of nitrogens with two attached hydrogens (primary N) is 1. The Kier molecular flexibility index (Phi) is 7.90. The van der Waals surface area contributed by atoms with Crippen molar-refractivity contribution < 1.29 is 9.59 Å². The molecule has 1 heterocycles. The van der Waals surface area contributed by atoms with E-state index in [0.717, 1.165) is 19.5 Å². The van der Waals surface area contributed by atoms with Crippen molar-refractivity contribution in [1.29, 1.82) is 0 Å². The van der Waals surface area contributed by atoms with Gasteiger partial charge in [0, 0.05) is 25.7 Å². The summed E-state index contributed by atoms with van der Waals surface area (Å²) in [5, 5.41) is 4.94. The summed E-state index contributed by atoms with van der Waals surface area (Å²) in [7, 11) is 0. The molecule has 18 heavy (non-hydrogen) atoms. The van der Waals surface area contributed by atoms with Gasteiger partial charge in [0.25, 0.3) is 0 Å². The molecule has 0 aromatic carbocycles. The fourth-order valence-corrected chi connectivity index (χ4v) is 1.72. The third-order valence-electron chi connectivity index (χ3n) is 2.60. The minimum atomic E-state index is -0.424. The summed E-state index contributed by atoms with van der Waals surface area (Å²) in [5.41, 5.74) is 5.73. The summed E-state index contributed by atoms with van der Waals surface area (Å²) < 4.78 is 0. The van der Waals surface area contributed by atoms with Crippen LogP contribution in [0.25, 0.3) is 0 Å². The molecule has 0 radical (unpaired) electrons. The zero-order chi connectivity index (χ0) is 12.8. The van der Waals surface area contributed by atoms with Gasteiger partial charge in [0.15, 0.2) is 0 Å². The van der Waals surface area contributed by atoms with E-state index in [1.165, 1.54) is 0 Å². The Balaban J connectivity index is 0.00000289. The van der Waals surface area contributed by atoms with Crippen LogP contribution in [0.3, 0.4) is 0 Å². The van der Waals surface area contributed by atoms with Crippen molar-refractivity contribution in [1.82, 2.24) is 15.5 Å². The maximum atomic E-state index is 11.5. The van der Waals surface area contributed by atoms with E-state index in [-0.39, 0.29) is 30.9 Å². The second-order valence-electron chi connectivity index (χ2n) is 4.94. The fourth-order valence-electron chi connectivity index (χ4n) is 1.72. The van der Waals surface area contributed by atoms with Gasteiger partial charge in [0.2, 0.25) is 5.91 Å². The number of carbonyl (C=O) groups excluding carboxylic acids is 2. The molecule has 0 spiro atoms. The van der Waals surface area contributed by atoms with Gasteiger partial charge in [-0.3, -0.25) is 15.0 Å². The topological polar surface area (TPSA) is 87.5 Å². The zero-order valence-electron chi connectivity index (χ0n) is 10.9. The molecule has 1 atom stereocenters. The molecule has 1 fully saturated rings. The maximum absolute atomic E-state index is 11.5. The van der Waals surface area contributed by atoms with Crippen LogP contribution in [0.1, 0.15) is 20.3 Å². The van der Waals surface area contributed by atoms with E-state index < -0.39 is 6.03 Å². The quantitative estimate of drug-likeness (QED) is 0.671. The third kappa shape index (κ3) is 6.78. The lowest BCUT2D eigenvalue weighted by Crippen LogP contribution is -2.45. The Labute approximate surface area is 114 Å². The van der Waals surface area contributed by atoms with Crippen LogP contribution in [-0.2, 0) is 4.79 Å². The average molecular weight is 279 g/mol. The van der Waals surface area contributed by atoms with Gasteiger partial charge in [0.1, 0.15) is 0 Å². The van der Waals surface area contributed by atoms with Crippen LogP contribution in [0.5, 0.6) is 0 Å². The van der Waals surface area contributed by atoms with E-state index in [0.29, 0.717) is 12.5 Å². The van der Waals surface area contributed by atoms with Gasteiger partial charge >= 0.3 is 6.03 Å². The Morgan fingerprint density at radius 3 is 2.61 bits per heavy atom. The summed E-state index contributed by atoms with van der Waals surface area (Å²) in [6.07, 6.45) is 0.910. The molecular formula is C11H23ClN4O2. The smallest absolute Gasteiger partial charge is 0.321 e. The van der Waals surface area contributed by atoms with E-state index >= 15 is 0 Å². The summed E-state index contributed by atoms with van der Waals surface area (Å²) in [6.45, 7) is 6.33. The highest BCUT2D eigenvalue weighted by Crippen LogP contribution is 2.05. The first-order valence-corrected chi connectivity index (χ1v) is 6.03. The third-order valence-corrected chi connectivity index (χ3v) is 2.60. The fraction of sp³-hybridized carbons (Fsp3) is 0.818. The van der Waals surface area contributed by atoms with E-state index in [4.69, 9.17) is 5.73 Å². The van der Waals surface area contributed by atoms with Crippen LogP contribution < -0.4 is 16.4 Å². The first-order valence-electron chi connectivity index (χ1n) is 6.03. The minimum absolute atomic E-state index is 0. The molecule has 1 saturated heterocycles. The van der Waals surface area contributed by atoms with Crippen LogP contribution in [-0.4, -0.2) is 49.1 Å². The average Bonchev–Trinajstić information content (AvgIpc) is 2.60.